The molecule has 0 unspecified atom stereocenters. The number of hydrogen-bond donors (Lipinski definition) is 1. The van der Waals surface area contributed by atoms with Gasteiger partial charge in [-0.3, -0.25) is 9.59 Å². The highest BCUT2D eigenvalue weighted by atomic mass is 32.2. The van der Waals surface area contributed by atoms with Gasteiger partial charge in [-0.25, -0.2) is 4.90 Å². The fourth-order valence-electron chi connectivity index (χ4n) is 3.72. The number of benzene rings is 3. The molecule has 1 aliphatic heterocycles. The van der Waals surface area contributed by atoms with Crippen LogP contribution in [-0.2, 0) is 16.0 Å². The van der Waals surface area contributed by atoms with Crippen molar-refractivity contribution >= 4 is 35.0 Å². The number of para-hydroxylation sites is 1. The standard InChI is InChI=1S/C26H24N2O2S/c1-4-19-10-8-9-13-22(19)27-23-24(31-21-11-6-5-7-12-21)26(30)28(25(23)29)20-15-17(2)14-18(3)16-20/h5-16,27H,4H2,1-3H3. The molecule has 4 nitrogen and oxygen atoms in total. The van der Waals surface area contributed by atoms with Crippen LogP contribution in [0.2, 0.25) is 0 Å². The zero-order valence-electron chi connectivity index (χ0n) is 17.8. The molecule has 2 amide bonds. The molecule has 156 valence electrons. The summed E-state index contributed by atoms with van der Waals surface area (Å²) in [7, 11) is 0. The summed E-state index contributed by atoms with van der Waals surface area (Å²) in [4.78, 5) is 29.6. The van der Waals surface area contributed by atoms with Crippen molar-refractivity contribution in [1.82, 2.24) is 0 Å². The molecule has 31 heavy (non-hydrogen) atoms. The molecule has 4 rings (SSSR count). The van der Waals surface area contributed by atoms with Crippen molar-refractivity contribution in [3.8, 4) is 0 Å². The van der Waals surface area contributed by atoms with Gasteiger partial charge in [0.1, 0.15) is 10.6 Å². The van der Waals surface area contributed by atoms with Crippen LogP contribution < -0.4 is 10.2 Å². The molecule has 5 heteroatoms. The van der Waals surface area contributed by atoms with E-state index in [9.17, 15) is 9.59 Å². The van der Waals surface area contributed by atoms with Gasteiger partial charge in [-0.2, -0.15) is 0 Å². The quantitative estimate of drug-likeness (QED) is 0.500. The summed E-state index contributed by atoms with van der Waals surface area (Å²) in [6.07, 6.45) is 0.820. The largest absolute Gasteiger partial charge is 0.350 e. The molecule has 3 aromatic rings. The average molecular weight is 429 g/mol. The van der Waals surface area contributed by atoms with Gasteiger partial charge in [0.25, 0.3) is 11.8 Å². The second kappa shape index (κ2) is 8.82. The molecule has 0 atom stereocenters. The van der Waals surface area contributed by atoms with E-state index in [0.29, 0.717) is 16.3 Å². The highest BCUT2D eigenvalue weighted by Crippen LogP contribution is 2.38. The average Bonchev–Trinajstić information content (AvgIpc) is 2.98. The van der Waals surface area contributed by atoms with Crippen LogP contribution in [0.15, 0.2) is 88.3 Å². The third-order valence-electron chi connectivity index (χ3n) is 5.13. The Balaban J connectivity index is 1.79. The minimum Gasteiger partial charge on any atom is -0.350 e. The first-order chi connectivity index (χ1) is 15.0. The lowest BCUT2D eigenvalue weighted by Crippen LogP contribution is -2.32. The van der Waals surface area contributed by atoms with Crippen LogP contribution in [-0.4, -0.2) is 11.8 Å². The maximum absolute atomic E-state index is 13.5. The highest BCUT2D eigenvalue weighted by molar-refractivity contribution is 8.04. The van der Waals surface area contributed by atoms with Crippen LogP contribution in [0, 0.1) is 13.8 Å². The van der Waals surface area contributed by atoms with Crippen molar-refractivity contribution in [2.24, 2.45) is 0 Å². The molecule has 0 saturated carbocycles. The lowest BCUT2D eigenvalue weighted by Gasteiger charge is -2.17. The van der Waals surface area contributed by atoms with Gasteiger partial charge in [0, 0.05) is 10.6 Å². The Morgan fingerprint density at radius 2 is 1.48 bits per heavy atom. The Hall–Kier alpha value is -3.31. The van der Waals surface area contributed by atoms with Crippen LogP contribution in [0.3, 0.4) is 0 Å². The first-order valence-corrected chi connectivity index (χ1v) is 11.1. The Bertz CT molecular complexity index is 1160. The van der Waals surface area contributed by atoms with Crippen LogP contribution >= 0.6 is 11.8 Å². The van der Waals surface area contributed by atoms with Gasteiger partial charge in [-0.15, -0.1) is 0 Å². The third-order valence-corrected chi connectivity index (χ3v) is 6.22. The maximum Gasteiger partial charge on any atom is 0.283 e. The first-order valence-electron chi connectivity index (χ1n) is 10.3. The number of carbonyl (C=O) groups is 2. The number of amides is 2. The van der Waals surface area contributed by atoms with Gasteiger partial charge in [0.05, 0.1) is 5.69 Å². The molecule has 0 saturated heterocycles. The van der Waals surface area contributed by atoms with E-state index in [2.05, 4.69) is 12.2 Å². The van der Waals surface area contributed by atoms with Crippen LogP contribution in [0.1, 0.15) is 23.6 Å². The minimum absolute atomic E-state index is 0.305. The van der Waals surface area contributed by atoms with E-state index in [4.69, 9.17) is 0 Å². The number of thioether (sulfide) groups is 1. The molecule has 0 spiro atoms. The fourth-order valence-corrected chi connectivity index (χ4v) is 4.67. The zero-order chi connectivity index (χ0) is 22.0. The lowest BCUT2D eigenvalue weighted by molar-refractivity contribution is -0.120. The highest BCUT2D eigenvalue weighted by Gasteiger charge is 2.40. The predicted molar refractivity (Wildman–Crippen MR) is 127 cm³/mol. The molecule has 0 fully saturated rings. The normalized spacial score (nSPS) is 13.8. The predicted octanol–water partition coefficient (Wildman–Crippen LogP) is 5.86. The summed E-state index contributed by atoms with van der Waals surface area (Å²) in [6, 6.07) is 23.3. The minimum atomic E-state index is -0.334. The number of hydrogen-bond acceptors (Lipinski definition) is 4. The zero-order valence-corrected chi connectivity index (χ0v) is 18.6. The molecule has 1 N–H and O–H groups in total. The SMILES string of the molecule is CCc1ccccc1NC1=C(Sc2ccccc2)C(=O)N(c2cc(C)cc(C)c2)C1=O. The van der Waals surface area contributed by atoms with Crippen molar-refractivity contribution in [3.05, 3.63) is 100 Å². The second-order valence-corrected chi connectivity index (χ2v) is 8.63. The smallest absolute Gasteiger partial charge is 0.283 e. The van der Waals surface area contributed by atoms with E-state index >= 15 is 0 Å². The van der Waals surface area contributed by atoms with Crippen LogP contribution in [0.5, 0.6) is 0 Å². The van der Waals surface area contributed by atoms with E-state index < -0.39 is 0 Å². The molecular weight excluding hydrogens is 404 g/mol. The van der Waals surface area contributed by atoms with Gasteiger partial charge in [-0.05, 0) is 67.3 Å². The lowest BCUT2D eigenvalue weighted by atomic mass is 10.1. The summed E-state index contributed by atoms with van der Waals surface area (Å²) < 4.78 is 0. The van der Waals surface area contributed by atoms with Gasteiger partial charge >= 0.3 is 0 Å². The summed E-state index contributed by atoms with van der Waals surface area (Å²) in [5.41, 5.74) is 4.85. The van der Waals surface area contributed by atoms with E-state index in [-0.39, 0.29) is 11.8 Å². The van der Waals surface area contributed by atoms with E-state index in [0.717, 1.165) is 33.7 Å². The Morgan fingerprint density at radius 3 is 2.16 bits per heavy atom. The van der Waals surface area contributed by atoms with Crippen molar-refractivity contribution in [2.45, 2.75) is 32.1 Å². The monoisotopic (exact) mass is 428 g/mol. The summed E-state index contributed by atoms with van der Waals surface area (Å²) in [5, 5.41) is 3.29. The third kappa shape index (κ3) is 4.28. The molecule has 3 aromatic carbocycles. The molecule has 0 bridgehead atoms. The van der Waals surface area contributed by atoms with Crippen molar-refractivity contribution in [1.29, 1.82) is 0 Å². The van der Waals surface area contributed by atoms with Crippen molar-refractivity contribution in [2.75, 3.05) is 10.2 Å². The van der Waals surface area contributed by atoms with E-state index in [1.807, 2.05) is 86.6 Å². The number of imide groups is 1. The van der Waals surface area contributed by atoms with Gasteiger partial charge in [0.15, 0.2) is 0 Å². The van der Waals surface area contributed by atoms with Crippen LogP contribution in [0.25, 0.3) is 0 Å². The fraction of sp³-hybridized carbons (Fsp3) is 0.154. The topological polar surface area (TPSA) is 49.4 Å². The molecule has 1 aliphatic rings. The molecule has 0 radical (unpaired) electrons. The molecule has 1 heterocycles. The van der Waals surface area contributed by atoms with E-state index in [1.165, 1.54) is 16.7 Å². The van der Waals surface area contributed by atoms with Crippen molar-refractivity contribution in [3.63, 3.8) is 0 Å². The van der Waals surface area contributed by atoms with Crippen molar-refractivity contribution < 1.29 is 9.59 Å². The molecule has 0 aliphatic carbocycles. The van der Waals surface area contributed by atoms with Crippen LogP contribution in [0.4, 0.5) is 11.4 Å². The number of aryl methyl sites for hydroxylation is 3. The molecular formula is C26H24N2O2S. The maximum atomic E-state index is 13.5. The Morgan fingerprint density at radius 1 is 0.839 bits per heavy atom. The number of nitrogens with zero attached hydrogens (tertiary/aromatic N) is 1. The Labute approximate surface area is 187 Å². The second-order valence-electron chi connectivity index (χ2n) is 7.55. The van der Waals surface area contributed by atoms with Gasteiger partial charge in [0.2, 0.25) is 0 Å². The Kier molecular flexibility index (Phi) is 5.96. The summed E-state index contributed by atoms with van der Waals surface area (Å²) >= 11 is 1.32. The molecule has 0 aromatic heterocycles. The van der Waals surface area contributed by atoms with Gasteiger partial charge in [-0.1, -0.05) is 61.2 Å². The first kappa shape index (κ1) is 20.9. The number of carbonyl (C=O) groups excluding carboxylic acids is 2. The number of nitrogens with one attached hydrogen (secondary N) is 1. The number of rotatable bonds is 6. The summed E-state index contributed by atoms with van der Waals surface area (Å²) in [6.45, 7) is 5.99. The number of anilines is 2. The van der Waals surface area contributed by atoms with E-state index in [1.54, 1.807) is 0 Å². The summed E-state index contributed by atoms with van der Waals surface area (Å²) in [5.74, 6) is -0.639. The van der Waals surface area contributed by atoms with Gasteiger partial charge < -0.3 is 5.32 Å².